The average molecular weight is 377 g/mol. The summed E-state index contributed by atoms with van der Waals surface area (Å²) in [5.41, 5.74) is 4.04. The highest BCUT2D eigenvalue weighted by atomic mass is 16.5. The van der Waals surface area contributed by atoms with Crippen LogP contribution in [0.1, 0.15) is 47.2 Å². The molecule has 0 saturated heterocycles. The van der Waals surface area contributed by atoms with Gasteiger partial charge in [-0.3, -0.25) is 0 Å². The summed E-state index contributed by atoms with van der Waals surface area (Å²) < 4.78 is 7.40. The Hall–Kier alpha value is -3.28. The standard InChI is InChI=1S/C22H23N3O3/c1-3-28-9-7-16-11-18(10-15-6-8-25(2)20(15)16)24-21-19(22(26)27)12-17(13-23-21)14-4-5-14/h6-14H,3-5H2,1-2H3,(H,23,24)(H,26,27)/b9-7+. The minimum Gasteiger partial charge on any atom is -0.501 e. The Balaban J connectivity index is 1.72. The fourth-order valence-corrected chi connectivity index (χ4v) is 3.42. The van der Waals surface area contributed by atoms with Crippen molar-refractivity contribution in [1.29, 1.82) is 0 Å². The predicted molar refractivity (Wildman–Crippen MR) is 110 cm³/mol. The van der Waals surface area contributed by atoms with Crippen molar-refractivity contribution in [3.63, 3.8) is 0 Å². The minimum absolute atomic E-state index is 0.198. The molecule has 1 fully saturated rings. The second-order valence-electron chi connectivity index (χ2n) is 7.06. The van der Waals surface area contributed by atoms with E-state index in [4.69, 9.17) is 4.74 Å². The number of hydrogen-bond acceptors (Lipinski definition) is 4. The molecule has 28 heavy (non-hydrogen) atoms. The molecule has 0 unspecified atom stereocenters. The van der Waals surface area contributed by atoms with Crippen LogP contribution in [0.5, 0.6) is 0 Å². The third-order valence-corrected chi connectivity index (χ3v) is 4.96. The van der Waals surface area contributed by atoms with Gasteiger partial charge in [-0.05, 0) is 61.6 Å². The quantitative estimate of drug-likeness (QED) is 0.573. The van der Waals surface area contributed by atoms with E-state index in [0.717, 1.165) is 40.6 Å². The van der Waals surface area contributed by atoms with Gasteiger partial charge in [-0.25, -0.2) is 9.78 Å². The Morgan fingerprint density at radius 3 is 2.93 bits per heavy atom. The second-order valence-corrected chi connectivity index (χ2v) is 7.06. The van der Waals surface area contributed by atoms with Crippen molar-refractivity contribution in [3.8, 4) is 0 Å². The average Bonchev–Trinajstić information content (AvgIpc) is 3.45. The summed E-state index contributed by atoms with van der Waals surface area (Å²) in [5, 5.41) is 13.9. The van der Waals surface area contributed by atoms with Gasteiger partial charge in [-0.1, -0.05) is 0 Å². The number of aryl methyl sites for hydroxylation is 1. The third-order valence-electron chi connectivity index (χ3n) is 4.96. The molecule has 3 aromatic rings. The third kappa shape index (κ3) is 3.58. The molecule has 0 amide bonds. The van der Waals surface area contributed by atoms with Crippen LogP contribution in [-0.4, -0.2) is 27.2 Å². The predicted octanol–water partition coefficient (Wildman–Crippen LogP) is 4.90. The summed E-state index contributed by atoms with van der Waals surface area (Å²) in [6.07, 6.45) is 9.58. The van der Waals surface area contributed by atoms with Crippen LogP contribution in [-0.2, 0) is 11.8 Å². The van der Waals surface area contributed by atoms with Crippen LogP contribution in [0.15, 0.2) is 42.9 Å². The van der Waals surface area contributed by atoms with E-state index in [9.17, 15) is 9.90 Å². The maximum atomic E-state index is 11.8. The van der Waals surface area contributed by atoms with E-state index in [1.165, 1.54) is 0 Å². The van der Waals surface area contributed by atoms with Crippen molar-refractivity contribution < 1.29 is 14.6 Å². The lowest BCUT2D eigenvalue weighted by molar-refractivity contribution is 0.0697. The van der Waals surface area contributed by atoms with E-state index in [2.05, 4.69) is 14.9 Å². The van der Waals surface area contributed by atoms with Crippen LogP contribution in [0, 0.1) is 0 Å². The largest absolute Gasteiger partial charge is 0.501 e. The summed E-state index contributed by atoms with van der Waals surface area (Å²) in [5.74, 6) is -0.169. The molecule has 1 saturated carbocycles. The number of ether oxygens (including phenoxy) is 1. The molecular formula is C22H23N3O3. The number of carbonyl (C=O) groups is 1. The molecule has 6 heteroatoms. The Morgan fingerprint density at radius 2 is 2.21 bits per heavy atom. The Kier molecular flexibility index (Phi) is 4.77. The molecule has 4 rings (SSSR count). The SMILES string of the molecule is CCO/C=C/c1cc(Nc2ncc(C3CC3)cc2C(=O)O)cc2ccn(C)c12. The van der Waals surface area contributed by atoms with Gasteiger partial charge in [0.05, 0.1) is 18.4 Å². The number of nitrogens with zero attached hydrogens (tertiary/aromatic N) is 2. The van der Waals surface area contributed by atoms with Gasteiger partial charge in [0.15, 0.2) is 0 Å². The van der Waals surface area contributed by atoms with Crippen LogP contribution >= 0.6 is 0 Å². The van der Waals surface area contributed by atoms with Crippen molar-refractivity contribution in [3.05, 3.63) is 59.6 Å². The first-order valence-corrected chi connectivity index (χ1v) is 9.44. The molecule has 0 aliphatic heterocycles. The lowest BCUT2D eigenvalue weighted by Crippen LogP contribution is -2.06. The number of pyridine rings is 1. The molecule has 0 bridgehead atoms. The maximum Gasteiger partial charge on any atom is 0.339 e. The van der Waals surface area contributed by atoms with E-state index < -0.39 is 5.97 Å². The molecule has 2 heterocycles. The van der Waals surface area contributed by atoms with Crippen LogP contribution in [0.3, 0.4) is 0 Å². The number of hydrogen-bond donors (Lipinski definition) is 2. The lowest BCUT2D eigenvalue weighted by atomic mass is 10.1. The topological polar surface area (TPSA) is 76.4 Å². The first kappa shape index (κ1) is 18.1. The number of nitrogens with one attached hydrogen (secondary N) is 1. The van der Waals surface area contributed by atoms with Crippen molar-refractivity contribution in [2.24, 2.45) is 7.05 Å². The van der Waals surface area contributed by atoms with Gasteiger partial charge in [-0.15, -0.1) is 0 Å². The first-order valence-electron chi connectivity index (χ1n) is 9.44. The van der Waals surface area contributed by atoms with Gasteiger partial charge < -0.3 is 19.7 Å². The second kappa shape index (κ2) is 7.38. The number of benzene rings is 1. The van der Waals surface area contributed by atoms with Crippen LogP contribution in [0.2, 0.25) is 0 Å². The Labute approximate surface area is 163 Å². The molecule has 1 aliphatic rings. The molecule has 6 nitrogen and oxygen atoms in total. The summed E-state index contributed by atoms with van der Waals surface area (Å²) >= 11 is 0. The molecule has 2 N–H and O–H groups in total. The summed E-state index contributed by atoms with van der Waals surface area (Å²) in [6.45, 7) is 2.54. The fourth-order valence-electron chi connectivity index (χ4n) is 3.42. The molecule has 0 spiro atoms. The first-order chi connectivity index (χ1) is 13.6. The van der Waals surface area contributed by atoms with Crippen molar-refractivity contribution >= 4 is 34.5 Å². The zero-order valence-corrected chi connectivity index (χ0v) is 16.0. The molecule has 2 aromatic heterocycles. The smallest absolute Gasteiger partial charge is 0.339 e. The molecule has 0 radical (unpaired) electrons. The van der Waals surface area contributed by atoms with Crippen LogP contribution in [0.4, 0.5) is 11.5 Å². The molecule has 1 aliphatic carbocycles. The van der Waals surface area contributed by atoms with E-state index in [-0.39, 0.29) is 5.56 Å². The van der Waals surface area contributed by atoms with Crippen molar-refractivity contribution in [2.45, 2.75) is 25.7 Å². The monoisotopic (exact) mass is 377 g/mol. The molecule has 0 atom stereocenters. The molecule has 144 valence electrons. The zero-order chi connectivity index (χ0) is 19.7. The normalized spacial score (nSPS) is 13.9. The summed E-state index contributed by atoms with van der Waals surface area (Å²) in [7, 11) is 1.99. The highest BCUT2D eigenvalue weighted by Gasteiger charge is 2.26. The van der Waals surface area contributed by atoms with Crippen molar-refractivity contribution in [1.82, 2.24) is 9.55 Å². The summed E-state index contributed by atoms with van der Waals surface area (Å²) in [6, 6.07) is 7.74. The molecular weight excluding hydrogens is 354 g/mol. The zero-order valence-electron chi connectivity index (χ0n) is 16.0. The van der Waals surface area contributed by atoms with E-state index in [1.54, 1.807) is 18.5 Å². The van der Waals surface area contributed by atoms with E-state index in [0.29, 0.717) is 18.3 Å². The number of rotatable bonds is 7. The van der Waals surface area contributed by atoms with Gasteiger partial charge in [-0.2, -0.15) is 0 Å². The lowest BCUT2D eigenvalue weighted by Gasteiger charge is -2.12. The number of carboxylic acid groups (broad SMARTS) is 1. The highest BCUT2D eigenvalue weighted by molar-refractivity contribution is 5.96. The number of carboxylic acids is 1. The minimum atomic E-state index is -0.977. The maximum absolute atomic E-state index is 11.8. The van der Waals surface area contributed by atoms with Gasteiger partial charge in [0.1, 0.15) is 11.4 Å². The van der Waals surface area contributed by atoms with Crippen LogP contribution in [0.25, 0.3) is 17.0 Å². The number of aromatic nitrogens is 2. The number of fused-ring (bicyclic) bond motifs is 1. The van der Waals surface area contributed by atoms with E-state index in [1.807, 2.05) is 44.4 Å². The fraction of sp³-hybridized carbons (Fsp3) is 0.273. The molecule has 1 aromatic carbocycles. The Bertz CT molecular complexity index is 1060. The van der Waals surface area contributed by atoms with E-state index >= 15 is 0 Å². The van der Waals surface area contributed by atoms with Crippen LogP contribution < -0.4 is 5.32 Å². The number of aromatic carboxylic acids is 1. The van der Waals surface area contributed by atoms with Gasteiger partial charge in [0.2, 0.25) is 0 Å². The van der Waals surface area contributed by atoms with Gasteiger partial charge >= 0.3 is 5.97 Å². The Morgan fingerprint density at radius 1 is 1.39 bits per heavy atom. The van der Waals surface area contributed by atoms with Crippen molar-refractivity contribution in [2.75, 3.05) is 11.9 Å². The summed E-state index contributed by atoms with van der Waals surface area (Å²) in [4.78, 5) is 16.2. The highest BCUT2D eigenvalue weighted by Crippen LogP contribution is 2.40. The number of anilines is 2. The van der Waals surface area contributed by atoms with Gasteiger partial charge in [0, 0.05) is 36.1 Å². The van der Waals surface area contributed by atoms with Gasteiger partial charge in [0.25, 0.3) is 0 Å².